The molecule has 98 valence electrons. The number of benzene rings is 1. The molecule has 1 amide bonds. The molecule has 0 fully saturated rings. The predicted molar refractivity (Wildman–Crippen MR) is 69.2 cm³/mol. The van der Waals surface area contributed by atoms with Gasteiger partial charge >= 0.3 is 5.97 Å². The maximum Gasteiger partial charge on any atom is 0.306 e. The van der Waals surface area contributed by atoms with Crippen LogP contribution in [0.15, 0.2) is 24.3 Å². The maximum atomic E-state index is 11.5. The molecule has 1 aromatic rings. The molecule has 5 heteroatoms. The van der Waals surface area contributed by atoms with Crippen LogP contribution >= 0.6 is 11.6 Å². The monoisotopic (exact) mass is 269 g/mol. The van der Waals surface area contributed by atoms with Crippen LogP contribution in [0.1, 0.15) is 25.3 Å². The van der Waals surface area contributed by atoms with Crippen LogP contribution in [0.4, 0.5) is 0 Å². The summed E-state index contributed by atoms with van der Waals surface area (Å²) in [4.78, 5) is 22.5. The van der Waals surface area contributed by atoms with Crippen molar-refractivity contribution in [3.63, 3.8) is 0 Å². The first-order chi connectivity index (χ1) is 8.61. The lowest BCUT2D eigenvalue weighted by Crippen LogP contribution is -2.23. The molecular formula is C13H16ClNO3. The van der Waals surface area contributed by atoms with E-state index >= 15 is 0 Å². The fraction of sp³-hybridized carbons (Fsp3) is 0.385. The molecule has 0 radical (unpaired) electrons. The summed E-state index contributed by atoms with van der Waals surface area (Å²) in [5, 5.41) is 3.35. The third-order valence-electron chi connectivity index (χ3n) is 2.24. The molecule has 0 atom stereocenters. The Hall–Kier alpha value is -1.55. The SMILES string of the molecule is CCOC(=O)CCC(=O)NCc1cccc(Cl)c1. The zero-order valence-corrected chi connectivity index (χ0v) is 11.0. The lowest BCUT2D eigenvalue weighted by atomic mass is 10.2. The topological polar surface area (TPSA) is 55.4 Å². The number of hydrogen-bond acceptors (Lipinski definition) is 3. The van der Waals surface area contributed by atoms with Crippen LogP contribution in [0, 0.1) is 0 Å². The third kappa shape index (κ3) is 5.68. The quantitative estimate of drug-likeness (QED) is 0.806. The summed E-state index contributed by atoms with van der Waals surface area (Å²) in [6.45, 7) is 2.47. The normalized spacial score (nSPS) is 9.89. The van der Waals surface area contributed by atoms with E-state index in [1.54, 1.807) is 19.1 Å². The summed E-state index contributed by atoms with van der Waals surface area (Å²) < 4.78 is 4.73. The zero-order chi connectivity index (χ0) is 13.4. The second-order valence-electron chi connectivity index (χ2n) is 3.71. The number of carbonyl (C=O) groups excluding carboxylic acids is 2. The lowest BCUT2D eigenvalue weighted by Gasteiger charge is -2.05. The van der Waals surface area contributed by atoms with Gasteiger partial charge in [-0.25, -0.2) is 0 Å². The summed E-state index contributed by atoms with van der Waals surface area (Å²) in [7, 11) is 0. The largest absolute Gasteiger partial charge is 0.466 e. The number of amides is 1. The molecular weight excluding hydrogens is 254 g/mol. The number of esters is 1. The lowest BCUT2D eigenvalue weighted by molar-refractivity contribution is -0.144. The van der Waals surface area contributed by atoms with Crippen LogP contribution in [0.5, 0.6) is 0 Å². The Morgan fingerprint density at radius 2 is 2.11 bits per heavy atom. The Morgan fingerprint density at radius 1 is 1.33 bits per heavy atom. The van der Waals surface area contributed by atoms with E-state index in [2.05, 4.69) is 5.32 Å². The van der Waals surface area contributed by atoms with Gasteiger partial charge in [-0.05, 0) is 24.6 Å². The van der Waals surface area contributed by atoms with Gasteiger partial charge in [-0.2, -0.15) is 0 Å². The minimum Gasteiger partial charge on any atom is -0.466 e. The first-order valence-corrected chi connectivity index (χ1v) is 6.16. The summed E-state index contributed by atoms with van der Waals surface area (Å²) in [6, 6.07) is 7.25. The molecule has 0 aromatic heterocycles. The van der Waals surface area contributed by atoms with E-state index in [9.17, 15) is 9.59 Å². The van der Waals surface area contributed by atoms with E-state index in [4.69, 9.17) is 16.3 Å². The molecule has 0 aliphatic carbocycles. The highest BCUT2D eigenvalue weighted by molar-refractivity contribution is 6.30. The van der Waals surface area contributed by atoms with Gasteiger partial charge in [-0.3, -0.25) is 9.59 Å². The molecule has 0 aliphatic heterocycles. The average molecular weight is 270 g/mol. The Kier molecular flexibility index (Phi) is 6.22. The maximum absolute atomic E-state index is 11.5. The van der Waals surface area contributed by atoms with Crippen molar-refractivity contribution in [2.24, 2.45) is 0 Å². The summed E-state index contributed by atoms with van der Waals surface area (Å²) in [6.07, 6.45) is 0.245. The van der Waals surface area contributed by atoms with Crippen LogP contribution in [0.2, 0.25) is 5.02 Å². The molecule has 0 aliphatic rings. The summed E-state index contributed by atoms with van der Waals surface area (Å²) in [5.74, 6) is -0.529. The molecule has 0 unspecified atom stereocenters. The second-order valence-corrected chi connectivity index (χ2v) is 4.15. The molecule has 18 heavy (non-hydrogen) atoms. The van der Waals surface area contributed by atoms with Crippen molar-refractivity contribution in [1.82, 2.24) is 5.32 Å². The second kappa shape index (κ2) is 7.71. The van der Waals surface area contributed by atoms with Crippen molar-refractivity contribution in [2.75, 3.05) is 6.61 Å². The first kappa shape index (κ1) is 14.5. The number of ether oxygens (including phenoxy) is 1. The summed E-state index contributed by atoms with van der Waals surface area (Å²) in [5.41, 5.74) is 0.923. The molecule has 4 nitrogen and oxygen atoms in total. The van der Waals surface area contributed by atoms with Crippen molar-refractivity contribution >= 4 is 23.5 Å². The predicted octanol–water partition coefficient (Wildman–Crippen LogP) is 2.30. The molecule has 0 saturated carbocycles. The van der Waals surface area contributed by atoms with E-state index in [1.807, 2.05) is 12.1 Å². The van der Waals surface area contributed by atoms with Gasteiger partial charge in [0.25, 0.3) is 0 Å². The third-order valence-corrected chi connectivity index (χ3v) is 2.48. The van der Waals surface area contributed by atoms with Gasteiger partial charge in [0.15, 0.2) is 0 Å². The molecule has 0 heterocycles. The minimum atomic E-state index is -0.351. The van der Waals surface area contributed by atoms with Crippen molar-refractivity contribution in [3.8, 4) is 0 Å². The van der Waals surface area contributed by atoms with Crippen molar-refractivity contribution < 1.29 is 14.3 Å². The van der Waals surface area contributed by atoms with Gasteiger partial charge in [0.05, 0.1) is 13.0 Å². The number of hydrogen-bond donors (Lipinski definition) is 1. The van der Waals surface area contributed by atoms with Gasteiger partial charge in [-0.1, -0.05) is 23.7 Å². The van der Waals surface area contributed by atoms with Crippen LogP contribution in [0.3, 0.4) is 0 Å². The van der Waals surface area contributed by atoms with Gasteiger partial charge in [0.2, 0.25) is 5.91 Å². The fourth-order valence-electron chi connectivity index (χ4n) is 1.38. The number of carbonyl (C=O) groups is 2. The molecule has 0 spiro atoms. The van der Waals surface area contributed by atoms with Crippen LogP contribution in [-0.4, -0.2) is 18.5 Å². The van der Waals surface area contributed by atoms with Crippen LogP contribution in [0.25, 0.3) is 0 Å². The Morgan fingerprint density at radius 3 is 2.78 bits per heavy atom. The average Bonchev–Trinajstić information content (AvgIpc) is 2.34. The van der Waals surface area contributed by atoms with E-state index in [0.717, 1.165) is 5.56 Å². The van der Waals surface area contributed by atoms with E-state index in [-0.39, 0.29) is 24.7 Å². The standard InChI is InChI=1S/C13H16ClNO3/c1-2-18-13(17)7-6-12(16)15-9-10-4-3-5-11(14)8-10/h3-5,8H,2,6-7,9H2,1H3,(H,15,16). The van der Waals surface area contributed by atoms with Crippen molar-refractivity contribution in [1.29, 1.82) is 0 Å². The number of rotatable bonds is 6. The number of halogens is 1. The van der Waals surface area contributed by atoms with Crippen LogP contribution < -0.4 is 5.32 Å². The molecule has 1 rings (SSSR count). The van der Waals surface area contributed by atoms with Crippen molar-refractivity contribution in [2.45, 2.75) is 26.3 Å². The fourth-order valence-corrected chi connectivity index (χ4v) is 1.60. The highest BCUT2D eigenvalue weighted by Crippen LogP contribution is 2.10. The van der Waals surface area contributed by atoms with Gasteiger partial charge in [0, 0.05) is 18.0 Å². The van der Waals surface area contributed by atoms with Crippen molar-refractivity contribution in [3.05, 3.63) is 34.9 Å². The van der Waals surface area contributed by atoms with E-state index in [0.29, 0.717) is 18.2 Å². The Balaban J connectivity index is 2.27. The van der Waals surface area contributed by atoms with Gasteiger partial charge in [-0.15, -0.1) is 0 Å². The van der Waals surface area contributed by atoms with Gasteiger partial charge < -0.3 is 10.1 Å². The molecule has 0 saturated heterocycles. The molecule has 1 N–H and O–H groups in total. The van der Waals surface area contributed by atoms with E-state index in [1.165, 1.54) is 0 Å². The Labute approximate surface area is 111 Å². The highest BCUT2D eigenvalue weighted by Gasteiger charge is 2.07. The minimum absolute atomic E-state index is 0.106. The van der Waals surface area contributed by atoms with E-state index < -0.39 is 0 Å². The van der Waals surface area contributed by atoms with Gasteiger partial charge in [0.1, 0.15) is 0 Å². The van der Waals surface area contributed by atoms with Crippen LogP contribution in [-0.2, 0) is 20.9 Å². The zero-order valence-electron chi connectivity index (χ0n) is 10.2. The highest BCUT2D eigenvalue weighted by atomic mass is 35.5. The summed E-state index contributed by atoms with van der Waals surface area (Å²) >= 11 is 5.82. The smallest absolute Gasteiger partial charge is 0.306 e. The molecule has 0 bridgehead atoms. The Bertz CT molecular complexity index is 420. The number of nitrogens with one attached hydrogen (secondary N) is 1. The first-order valence-electron chi connectivity index (χ1n) is 5.78. The molecule has 1 aromatic carbocycles.